The molecule has 3 nitrogen and oxygen atoms in total. The second-order valence-electron chi connectivity index (χ2n) is 3.54. The third-order valence-electron chi connectivity index (χ3n) is 2.27. The van der Waals surface area contributed by atoms with Crippen molar-refractivity contribution in [3.05, 3.63) is 24.3 Å². The van der Waals surface area contributed by atoms with Crippen LogP contribution < -0.4 is 5.32 Å². The molecule has 0 aliphatic rings. The SMILES string of the molecule is CCS(=O)(=O)CCNc1ccccc1SC(F)F. The van der Waals surface area contributed by atoms with Crippen LogP contribution in [0.3, 0.4) is 0 Å². The predicted molar refractivity (Wildman–Crippen MR) is 71.1 cm³/mol. The summed E-state index contributed by atoms with van der Waals surface area (Å²) in [5.41, 5.74) is 0.536. The molecule has 0 amide bonds. The molecule has 0 spiro atoms. The second-order valence-corrected chi connectivity index (χ2v) is 7.04. The van der Waals surface area contributed by atoms with E-state index in [0.29, 0.717) is 22.3 Å². The Morgan fingerprint density at radius 1 is 1.33 bits per heavy atom. The molecule has 0 fully saturated rings. The zero-order valence-corrected chi connectivity index (χ0v) is 11.5. The van der Waals surface area contributed by atoms with Crippen LogP contribution in [0.4, 0.5) is 14.5 Å². The first-order valence-electron chi connectivity index (χ1n) is 5.42. The van der Waals surface area contributed by atoms with E-state index < -0.39 is 15.6 Å². The lowest BCUT2D eigenvalue weighted by Gasteiger charge is -2.11. The van der Waals surface area contributed by atoms with Crippen molar-refractivity contribution in [1.82, 2.24) is 0 Å². The molecule has 0 saturated heterocycles. The number of anilines is 1. The highest BCUT2D eigenvalue weighted by atomic mass is 32.2. The molecule has 0 bridgehead atoms. The standard InChI is InChI=1S/C11H15F2NO2S2/c1-2-18(15,16)8-7-14-9-5-3-4-6-10(9)17-11(12)13/h3-6,11,14H,2,7-8H2,1H3. The topological polar surface area (TPSA) is 46.2 Å². The molecule has 0 aliphatic carbocycles. The van der Waals surface area contributed by atoms with Gasteiger partial charge >= 0.3 is 0 Å². The number of nitrogens with one attached hydrogen (secondary N) is 1. The molecule has 1 aromatic carbocycles. The number of para-hydroxylation sites is 1. The van der Waals surface area contributed by atoms with E-state index in [1.54, 1.807) is 31.2 Å². The van der Waals surface area contributed by atoms with E-state index in [0.717, 1.165) is 0 Å². The largest absolute Gasteiger partial charge is 0.383 e. The molecule has 102 valence electrons. The van der Waals surface area contributed by atoms with Gasteiger partial charge in [0.1, 0.15) is 0 Å². The number of thioether (sulfide) groups is 1. The van der Waals surface area contributed by atoms with Gasteiger partial charge in [0.05, 0.1) is 5.75 Å². The summed E-state index contributed by atoms with van der Waals surface area (Å²) in [6.07, 6.45) is 0. The highest BCUT2D eigenvalue weighted by Crippen LogP contribution is 2.31. The van der Waals surface area contributed by atoms with E-state index in [1.165, 1.54) is 0 Å². The Bertz CT molecular complexity index is 478. The molecule has 0 radical (unpaired) electrons. The molecule has 0 aromatic heterocycles. The van der Waals surface area contributed by atoms with E-state index in [2.05, 4.69) is 5.32 Å². The Hall–Kier alpha value is -0.820. The minimum Gasteiger partial charge on any atom is -0.383 e. The van der Waals surface area contributed by atoms with Crippen molar-refractivity contribution in [3.8, 4) is 0 Å². The molecule has 1 rings (SSSR count). The zero-order valence-electron chi connectivity index (χ0n) is 9.90. The van der Waals surface area contributed by atoms with Gasteiger partial charge in [0.2, 0.25) is 0 Å². The molecule has 1 N–H and O–H groups in total. The Morgan fingerprint density at radius 2 is 2.00 bits per heavy atom. The normalized spacial score (nSPS) is 11.8. The number of alkyl halides is 2. The smallest absolute Gasteiger partial charge is 0.288 e. The van der Waals surface area contributed by atoms with Gasteiger partial charge < -0.3 is 5.32 Å². The van der Waals surface area contributed by atoms with Gasteiger partial charge in [-0.1, -0.05) is 30.8 Å². The maximum atomic E-state index is 12.3. The average molecular weight is 295 g/mol. The van der Waals surface area contributed by atoms with E-state index >= 15 is 0 Å². The molecule has 0 atom stereocenters. The first-order chi connectivity index (χ1) is 8.44. The summed E-state index contributed by atoms with van der Waals surface area (Å²) in [5.74, 6) is -2.41. The lowest BCUT2D eigenvalue weighted by atomic mass is 10.3. The predicted octanol–water partition coefficient (Wildman–Crippen LogP) is 2.85. The molecule has 7 heteroatoms. The van der Waals surface area contributed by atoms with E-state index in [-0.39, 0.29) is 18.1 Å². The van der Waals surface area contributed by atoms with Crippen LogP contribution in [0.15, 0.2) is 29.2 Å². The van der Waals surface area contributed by atoms with Crippen molar-refractivity contribution in [2.24, 2.45) is 0 Å². The minimum atomic E-state index is -3.04. The van der Waals surface area contributed by atoms with Crippen LogP contribution in [0, 0.1) is 0 Å². The van der Waals surface area contributed by atoms with E-state index in [9.17, 15) is 17.2 Å². The molecule has 0 saturated carbocycles. The van der Waals surface area contributed by atoms with E-state index in [1.807, 2.05) is 0 Å². The first-order valence-corrected chi connectivity index (χ1v) is 8.13. The number of hydrogen-bond acceptors (Lipinski definition) is 4. The van der Waals surface area contributed by atoms with Gasteiger partial charge in [-0.3, -0.25) is 0 Å². The second kappa shape index (κ2) is 6.94. The fourth-order valence-corrected chi connectivity index (χ4v) is 2.61. The van der Waals surface area contributed by atoms with Crippen molar-refractivity contribution >= 4 is 27.3 Å². The maximum Gasteiger partial charge on any atom is 0.288 e. The molecule has 18 heavy (non-hydrogen) atoms. The van der Waals surface area contributed by atoms with Crippen LogP contribution >= 0.6 is 11.8 Å². The highest BCUT2D eigenvalue weighted by Gasteiger charge is 2.10. The highest BCUT2D eigenvalue weighted by molar-refractivity contribution is 7.99. The van der Waals surface area contributed by atoms with Gasteiger partial charge in [-0.15, -0.1) is 0 Å². The number of halogens is 2. The molecular formula is C11H15F2NO2S2. The minimum absolute atomic E-state index is 0.00280. The van der Waals surface area contributed by atoms with Crippen LogP contribution in [-0.4, -0.2) is 32.2 Å². The third-order valence-corrected chi connectivity index (χ3v) is 4.77. The zero-order chi connectivity index (χ0) is 13.6. The van der Waals surface area contributed by atoms with Gasteiger partial charge in [0.25, 0.3) is 5.76 Å². The van der Waals surface area contributed by atoms with Crippen LogP contribution in [0.2, 0.25) is 0 Å². The number of benzene rings is 1. The fraction of sp³-hybridized carbons (Fsp3) is 0.455. The fourth-order valence-electron chi connectivity index (χ4n) is 1.30. The van der Waals surface area contributed by atoms with Crippen LogP contribution in [-0.2, 0) is 9.84 Å². The Morgan fingerprint density at radius 3 is 2.61 bits per heavy atom. The first kappa shape index (κ1) is 15.2. The summed E-state index contributed by atoms with van der Waals surface area (Å²) in [7, 11) is -3.04. The molecule has 0 heterocycles. The lowest BCUT2D eigenvalue weighted by molar-refractivity contribution is 0.252. The average Bonchev–Trinajstić information content (AvgIpc) is 2.30. The summed E-state index contributed by atoms with van der Waals surface area (Å²) in [4.78, 5) is 0.418. The molecule has 1 aromatic rings. The van der Waals surface area contributed by atoms with Crippen LogP contribution in [0.5, 0.6) is 0 Å². The third kappa shape index (κ3) is 5.22. The number of sulfone groups is 1. The van der Waals surface area contributed by atoms with Crippen molar-refractivity contribution in [2.75, 3.05) is 23.4 Å². The monoisotopic (exact) mass is 295 g/mol. The summed E-state index contributed by atoms with van der Waals surface area (Å²) >= 11 is 0.443. The van der Waals surface area contributed by atoms with Crippen molar-refractivity contribution in [3.63, 3.8) is 0 Å². The molecule has 0 aliphatic heterocycles. The number of rotatable bonds is 7. The van der Waals surface area contributed by atoms with Gasteiger partial charge in [-0.25, -0.2) is 8.42 Å². The maximum absolute atomic E-state index is 12.3. The Labute approximate surface area is 110 Å². The van der Waals surface area contributed by atoms with Gasteiger partial charge in [-0.05, 0) is 12.1 Å². The van der Waals surface area contributed by atoms with Crippen molar-refractivity contribution in [2.45, 2.75) is 17.6 Å². The lowest BCUT2D eigenvalue weighted by Crippen LogP contribution is -2.17. The molecular weight excluding hydrogens is 280 g/mol. The quantitative estimate of drug-likeness (QED) is 0.786. The number of hydrogen-bond donors (Lipinski definition) is 1. The Kier molecular flexibility index (Phi) is 5.87. The Balaban J connectivity index is 2.62. The van der Waals surface area contributed by atoms with Gasteiger partial charge in [0.15, 0.2) is 9.84 Å². The summed E-state index contributed by atoms with van der Waals surface area (Å²) in [6, 6.07) is 6.61. The van der Waals surface area contributed by atoms with Crippen molar-refractivity contribution in [1.29, 1.82) is 0 Å². The summed E-state index contributed by atoms with van der Waals surface area (Å²) in [5, 5.41) is 2.88. The van der Waals surface area contributed by atoms with Crippen LogP contribution in [0.25, 0.3) is 0 Å². The summed E-state index contributed by atoms with van der Waals surface area (Å²) in [6.45, 7) is 1.80. The summed E-state index contributed by atoms with van der Waals surface area (Å²) < 4.78 is 47.2. The van der Waals surface area contributed by atoms with Gasteiger partial charge in [0, 0.05) is 22.9 Å². The van der Waals surface area contributed by atoms with E-state index in [4.69, 9.17) is 0 Å². The molecule has 0 unspecified atom stereocenters. The van der Waals surface area contributed by atoms with Crippen LogP contribution in [0.1, 0.15) is 6.92 Å². The van der Waals surface area contributed by atoms with Gasteiger partial charge in [-0.2, -0.15) is 8.78 Å². The van der Waals surface area contributed by atoms with Crippen molar-refractivity contribution < 1.29 is 17.2 Å².